The molecule has 1 aromatic heterocycles. The van der Waals surface area contributed by atoms with E-state index < -0.39 is 12.5 Å². The summed E-state index contributed by atoms with van der Waals surface area (Å²) in [4.78, 5) is 3.42. The molecule has 1 aromatic rings. The second-order valence-corrected chi connectivity index (χ2v) is 2.84. The van der Waals surface area contributed by atoms with Crippen molar-refractivity contribution in [2.75, 3.05) is 5.73 Å². The zero-order valence-corrected chi connectivity index (χ0v) is 7.61. The summed E-state index contributed by atoms with van der Waals surface area (Å²) in [6.45, 7) is -2.99. The lowest BCUT2D eigenvalue weighted by Crippen LogP contribution is -2.05. The van der Waals surface area contributed by atoms with Crippen LogP contribution in [0.3, 0.4) is 0 Å². The molecule has 0 bridgehead atoms. The molecule has 0 saturated heterocycles. The van der Waals surface area contributed by atoms with Crippen LogP contribution in [0, 0.1) is 0 Å². The average molecular weight is 229 g/mol. The lowest BCUT2D eigenvalue weighted by molar-refractivity contribution is -0.0526. The molecule has 72 valence electrons. The Labute approximate surface area is 82.4 Å². The van der Waals surface area contributed by atoms with Crippen molar-refractivity contribution in [1.82, 2.24) is 4.98 Å². The smallest absolute Gasteiger partial charge is 0.388 e. The standard InChI is InChI=1S/C6H4Cl2F2N2O/c7-2-1-3(8)5(12-4(2)11)13-6(9)10/h1,6H,(H2,11,12). The van der Waals surface area contributed by atoms with Crippen LogP contribution in [0.1, 0.15) is 0 Å². The van der Waals surface area contributed by atoms with Crippen LogP contribution in [0.25, 0.3) is 0 Å². The second-order valence-electron chi connectivity index (χ2n) is 2.02. The maximum Gasteiger partial charge on any atom is 0.388 e. The van der Waals surface area contributed by atoms with E-state index >= 15 is 0 Å². The summed E-state index contributed by atoms with van der Waals surface area (Å²) in [7, 11) is 0. The number of anilines is 1. The van der Waals surface area contributed by atoms with Gasteiger partial charge in [-0.05, 0) is 6.07 Å². The van der Waals surface area contributed by atoms with Crippen molar-refractivity contribution in [3.63, 3.8) is 0 Å². The molecule has 0 saturated carbocycles. The fourth-order valence-corrected chi connectivity index (χ4v) is 1.03. The number of pyridine rings is 1. The van der Waals surface area contributed by atoms with Gasteiger partial charge >= 0.3 is 6.61 Å². The van der Waals surface area contributed by atoms with Gasteiger partial charge in [-0.3, -0.25) is 0 Å². The summed E-state index contributed by atoms with van der Waals surface area (Å²) < 4.78 is 27.4. The topological polar surface area (TPSA) is 48.1 Å². The zero-order chi connectivity index (χ0) is 10.0. The molecule has 3 nitrogen and oxygen atoms in total. The maximum absolute atomic E-state index is 11.7. The van der Waals surface area contributed by atoms with Gasteiger partial charge in [-0.15, -0.1) is 0 Å². The maximum atomic E-state index is 11.7. The molecular formula is C6H4Cl2F2N2O. The van der Waals surface area contributed by atoms with Crippen molar-refractivity contribution >= 4 is 29.0 Å². The average Bonchev–Trinajstić information content (AvgIpc) is 1.99. The monoisotopic (exact) mass is 228 g/mol. The van der Waals surface area contributed by atoms with Crippen LogP contribution in [0.5, 0.6) is 5.88 Å². The molecule has 0 aliphatic carbocycles. The number of nitrogen functional groups attached to an aromatic ring is 1. The highest BCUT2D eigenvalue weighted by Gasteiger charge is 2.12. The van der Waals surface area contributed by atoms with Gasteiger partial charge in [-0.25, -0.2) is 0 Å². The summed E-state index contributed by atoms with van der Waals surface area (Å²) in [5.74, 6) is -0.541. The highest BCUT2D eigenvalue weighted by Crippen LogP contribution is 2.29. The number of halogens is 4. The number of alkyl halides is 2. The van der Waals surface area contributed by atoms with E-state index in [0.717, 1.165) is 0 Å². The lowest BCUT2D eigenvalue weighted by Gasteiger charge is -2.06. The molecule has 0 amide bonds. The molecule has 13 heavy (non-hydrogen) atoms. The number of ether oxygens (including phenoxy) is 1. The number of aromatic nitrogens is 1. The quantitative estimate of drug-likeness (QED) is 0.847. The van der Waals surface area contributed by atoms with Crippen molar-refractivity contribution in [3.8, 4) is 5.88 Å². The highest BCUT2D eigenvalue weighted by molar-refractivity contribution is 6.36. The first-order chi connectivity index (χ1) is 6.00. The molecular weight excluding hydrogens is 225 g/mol. The van der Waals surface area contributed by atoms with Crippen LogP contribution in [-0.4, -0.2) is 11.6 Å². The van der Waals surface area contributed by atoms with E-state index in [1.165, 1.54) is 6.07 Å². The Morgan fingerprint density at radius 3 is 2.54 bits per heavy atom. The number of nitrogens with zero attached hydrogens (tertiary/aromatic N) is 1. The molecule has 0 aromatic carbocycles. The largest absolute Gasteiger partial charge is 0.415 e. The highest BCUT2D eigenvalue weighted by atomic mass is 35.5. The summed E-state index contributed by atoms with van der Waals surface area (Å²) in [6, 6.07) is 1.18. The predicted molar refractivity (Wildman–Crippen MR) is 45.3 cm³/mol. The van der Waals surface area contributed by atoms with Gasteiger partial charge in [0.25, 0.3) is 0 Å². The van der Waals surface area contributed by atoms with Crippen LogP contribution in [0.2, 0.25) is 10.0 Å². The molecule has 0 radical (unpaired) electrons. The van der Waals surface area contributed by atoms with Crippen molar-refractivity contribution < 1.29 is 13.5 Å². The van der Waals surface area contributed by atoms with Crippen LogP contribution < -0.4 is 10.5 Å². The van der Waals surface area contributed by atoms with Crippen molar-refractivity contribution in [2.45, 2.75) is 6.61 Å². The minimum absolute atomic E-state index is 0.0895. The first-order valence-corrected chi connectivity index (χ1v) is 3.82. The van der Waals surface area contributed by atoms with E-state index in [0.29, 0.717) is 0 Å². The van der Waals surface area contributed by atoms with E-state index in [1.54, 1.807) is 0 Å². The van der Waals surface area contributed by atoms with E-state index in [9.17, 15) is 8.78 Å². The first-order valence-electron chi connectivity index (χ1n) is 3.07. The van der Waals surface area contributed by atoms with Gasteiger partial charge < -0.3 is 10.5 Å². The number of rotatable bonds is 2. The molecule has 0 aliphatic heterocycles. The fraction of sp³-hybridized carbons (Fsp3) is 0.167. The van der Waals surface area contributed by atoms with Gasteiger partial charge in [-0.1, -0.05) is 23.2 Å². The molecule has 7 heteroatoms. The lowest BCUT2D eigenvalue weighted by atomic mass is 10.4. The molecule has 0 atom stereocenters. The normalized spacial score (nSPS) is 10.5. The Morgan fingerprint density at radius 1 is 1.38 bits per heavy atom. The molecule has 0 fully saturated rings. The Kier molecular flexibility index (Phi) is 3.11. The van der Waals surface area contributed by atoms with Crippen LogP contribution in [0.4, 0.5) is 14.6 Å². The summed E-state index contributed by atoms with van der Waals surface area (Å²) in [6.07, 6.45) is 0. The van der Waals surface area contributed by atoms with Crippen molar-refractivity contribution in [3.05, 3.63) is 16.1 Å². The first kappa shape index (κ1) is 10.3. The third-order valence-corrected chi connectivity index (χ3v) is 1.70. The summed E-state index contributed by atoms with van der Waals surface area (Å²) in [5, 5.41) is -0.0221. The third kappa shape index (κ3) is 2.57. The van der Waals surface area contributed by atoms with E-state index in [1.807, 2.05) is 0 Å². The molecule has 1 heterocycles. The third-order valence-electron chi connectivity index (χ3n) is 1.13. The Morgan fingerprint density at radius 2 is 2.00 bits per heavy atom. The fourth-order valence-electron chi connectivity index (χ4n) is 0.630. The Balaban J connectivity index is 3.01. The minimum Gasteiger partial charge on any atom is -0.415 e. The Hall–Kier alpha value is -0.810. The van der Waals surface area contributed by atoms with Crippen molar-refractivity contribution in [2.24, 2.45) is 0 Å². The summed E-state index contributed by atoms with van der Waals surface area (Å²) >= 11 is 11.0. The molecule has 0 unspecified atom stereocenters. The molecule has 0 spiro atoms. The molecule has 2 N–H and O–H groups in total. The SMILES string of the molecule is Nc1nc(OC(F)F)c(Cl)cc1Cl. The second kappa shape index (κ2) is 3.93. The van der Waals surface area contributed by atoms with E-state index in [-0.39, 0.29) is 15.9 Å². The Bertz CT molecular complexity index is 322. The van der Waals surface area contributed by atoms with Gasteiger partial charge in [0.15, 0.2) is 0 Å². The molecule has 0 aliphatic rings. The number of hydrogen-bond acceptors (Lipinski definition) is 3. The number of hydrogen-bond donors (Lipinski definition) is 1. The van der Waals surface area contributed by atoms with E-state index in [2.05, 4.69) is 9.72 Å². The van der Waals surface area contributed by atoms with Crippen LogP contribution in [-0.2, 0) is 0 Å². The zero-order valence-electron chi connectivity index (χ0n) is 6.10. The molecule has 1 rings (SSSR count). The van der Waals surface area contributed by atoms with Gasteiger partial charge in [0, 0.05) is 0 Å². The van der Waals surface area contributed by atoms with Gasteiger partial charge in [-0.2, -0.15) is 13.8 Å². The van der Waals surface area contributed by atoms with E-state index in [4.69, 9.17) is 28.9 Å². The van der Waals surface area contributed by atoms with Gasteiger partial charge in [0.2, 0.25) is 5.88 Å². The van der Waals surface area contributed by atoms with Crippen LogP contribution >= 0.6 is 23.2 Å². The van der Waals surface area contributed by atoms with Crippen molar-refractivity contribution in [1.29, 1.82) is 0 Å². The predicted octanol–water partition coefficient (Wildman–Crippen LogP) is 2.57. The van der Waals surface area contributed by atoms with Gasteiger partial charge in [0.1, 0.15) is 10.8 Å². The van der Waals surface area contributed by atoms with Gasteiger partial charge in [0.05, 0.1) is 5.02 Å². The van der Waals surface area contributed by atoms with Crippen LogP contribution in [0.15, 0.2) is 6.07 Å². The summed E-state index contributed by atoms with van der Waals surface area (Å²) in [5.41, 5.74) is 5.24. The number of nitrogens with two attached hydrogens (primary N) is 1. The minimum atomic E-state index is -2.99.